The molecule has 2 aromatic rings. The van der Waals surface area contributed by atoms with E-state index in [1.165, 1.54) is 4.90 Å². The maximum atomic E-state index is 11.0. The van der Waals surface area contributed by atoms with E-state index in [4.69, 9.17) is 9.63 Å². The first-order valence-electron chi connectivity index (χ1n) is 7.24. The van der Waals surface area contributed by atoms with Gasteiger partial charge in [-0.05, 0) is 19.8 Å². The normalized spacial score (nSPS) is 17.5. The minimum absolute atomic E-state index is 0.296. The number of likely N-dealkylation sites (tertiary alicyclic amines) is 1. The van der Waals surface area contributed by atoms with Crippen molar-refractivity contribution >= 4 is 6.09 Å². The molecule has 1 aliphatic heterocycles. The monoisotopic (exact) mass is 302 g/mol. The van der Waals surface area contributed by atoms with Gasteiger partial charge in [-0.3, -0.25) is 0 Å². The van der Waals surface area contributed by atoms with Crippen LogP contribution in [0.15, 0.2) is 34.9 Å². The summed E-state index contributed by atoms with van der Waals surface area (Å²) in [6.07, 6.45) is -0.282. The predicted molar refractivity (Wildman–Crippen MR) is 79.4 cm³/mol. The third kappa shape index (κ3) is 2.46. The molecule has 0 bridgehead atoms. The Balaban J connectivity index is 1.95. The van der Waals surface area contributed by atoms with Gasteiger partial charge >= 0.3 is 6.09 Å². The first-order valence-corrected chi connectivity index (χ1v) is 7.24. The van der Waals surface area contributed by atoms with Crippen LogP contribution in [0.25, 0.3) is 11.3 Å². The number of rotatable bonds is 2. The highest BCUT2D eigenvalue weighted by atomic mass is 16.5. The summed E-state index contributed by atoms with van der Waals surface area (Å²) in [6, 6.07) is 9.55. The molecule has 0 atom stereocenters. The fraction of sp³-hybridized carbons (Fsp3) is 0.375. The second kappa shape index (κ2) is 5.46. The van der Waals surface area contributed by atoms with Gasteiger partial charge in [-0.25, -0.2) is 4.79 Å². The largest absolute Gasteiger partial charge is 0.465 e. The van der Waals surface area contributed by atoms with Crippen molar-refractivity contribution in [3.63, 3.8) is 0 Å². The summed E-state index contributed by atoms with van der Waals surface area (Å²) in [5.41, 5.74) is 1.07. The van der Waals surface area contributed by atoms with Crippen molar-refractivity contribution in [2.24, 2.45) is 0 Å². The predicted octanol–water partition coefficient (Wildman–Crippen LogP) is 2.61. The van der Waals surface area contributed by atoms with Gasteiger partial charge < -0.3 is 19.6 Å². The average Bonchev–Trinajstić information content (AvgIpc) is 2.91. The number of carboxylic acid groups (broad SMARTS) is 1. The molecule has 3 rings (SSSR count). The molecule has 2 heterocycles. The second-order valence-corrected chi connectivity index (χ2v) is 5.63. The van der Waals surface area contributed by atoms with E-state index < -0.39 is 11.7 Å². The number of aryl methyl sites for hydroxylation is 1. The second-order valence-electron chi connectivity index (χ2n) is 5.63. The Labute approximate surface area is 128 Å². The van der Waals surface area contributed by atoms with Gasteiger partial charge in [0.25, 0.3) is 0 Å². The molecular weight excluding hydrogens is 284 g/mol. The standard InChI is InChI=1S/C16H18N2O4/c1-11-13(14(17-22-11)12-5-3-2-4-6-12)16(21)7-9-18(10-8-16)15(19)20/h2-6,21H,7-10H2,1H3,(H,19,20). The maximum Gasteiger partial charge on any atom is 0.407 e. The molecule has 0 spiro atoms. The molecule has 0 aliphatic carbocycles. The van der Waals surface area contributed by atoms with Gasteiger partial charge in [0.15, 0.2) is 0 Å². The molecule has 0 radical (unpaired) electrons. The Morgan fingerprint density at radius 2 is 1.91 bits per heavy atom. The first-order chi connectivity index (χ1) is 10.5. The molecule has 1 fully saturated rings. The number of aliphatic hydroxyl groups is 1. The third-order valence-electron chi connectivity index (χ3n) is 4.24. The number of hydrogen-bond donors (Lipinski definition) is 2. The summed E-state index contributed by atoms with van der Waals surface area (Å²) in [4.78, 5) is 12.3. The lowest BCUT2D eigenvalue weighted by atomic mass is 9.82. The molecule has 0 saturated carbocycles. The lowest BCUT2D eigenvalue weighted by Gasteiger charge is -2.37. The lowest BCUT2D eigenvalue weighted by molar-refractivity contribution is -0.0219. The van der Waals surface area contributed by atoms with Gasteiger partial charge in [0.05, 0.1) is 11.2 Å². The fourth-order valence-electron chi connectivity index (χ4n) is 3.03. The molecule has 1 aliphatic rings. The summed E-state index contributed by atoms with van der Waals surface area (Å²) >= 11 is 0. The highest BCUT2D eigenvalue weighted by molar-refractivity contribution is 5.66. The van der Waals surface area contributed by atoms with E-state index in [0.717, 1.165) is 5.56 Å². The minimum Gasteiger partial charge on any atom is -0.465 e. The number of benzene rings is 1. The van der Waals surface area contributed by atoms with E-state index >= 15 is 0 Å². The summed E-state index contributed by atoms with van der Waals surface area (Å²) in [6.45, 7) is 2.37. The van der Waals surface area contributed by atoms with Crippen LogP contribution in [0.1, 0.15) is 24.2 Å². The van der Waals surface area contributed by atoms with Crippen LogP contribution in [-0.2, 0) is 5.60 Å². The van der Waals surface area contributed by atoms with Crippen LogP contribution < -0.4 is 0 Å². The Bertz CT molecular complexity index is 673. The molecule has 6 nitrogen and oxygen atoms in total. The van der Waals surface area contributed by atoms with E-state index in [9.17, 15) is 9.90 Å². The zero-order chi connectivity index (χ0) is 15.7. The van der Waals surface area contributed by atoms with Crippen molar-refractivity contribution in [1.29, 1.82) is 0 Å². The number of aromatic nitrogens is 1. The van der Waals surface area contributed by atoms with E-state index in [0.29, 0.717) is 42.9 Å². The summed E-state index contributed by atoms with van der Waals surface area (Å²) < 4.78 is 5.30. The summed E-state index contributed by atoms with van der Waals surface area (Å²) in [7, 11) is 0. The van der Waals surface area contributed by atoms with Gasteiger partial charge in [-0.1, -0.05) is 35.5 Å². The van der Waals surface area contributed by atoms with Crippen molar-refractivity contribution < 1.29 is 19.5 Å². The van der Waals surface area contributed by atoms with E-state index in [1.54, 1.807) is 6.92 Å². The molecule has 1 amide bonds. The minimum atomic E-state index is -1.11. The number of hydrogen-bond acceptors (Lipinski definition) is 4. The summed E-state index contributed by atoms with van der Waals surface area (Å²) in [5.74, 6) is 0.574. The molecule has 1 saturated heterocycles. The van der Waals surface area contributed by atoms with E-state index in [1.807, 2.05) is 30.3 Å². The fourth-order valence-corrected chi connectivity index (χ4v) is 3.03. The van der Waals surface area contributed by atoms with Crippen LogP contribution in [-0.4, -0.2) is 39.5 Å². The van der Waals surface area contributed by atoms with Crippen LogP contribution in [0.4, 0.5) is 4.79 Å². The lowest BCUT2D eigenvalue weighted by Crippen LogP contribution is -2.45. The Hall–Kier alpha value is -2.34. The molecule has 22 heavy (non-hydrogen) atoms. The van der Waals surface area contributed by atoms with E-state index in [-0.39, 0.29) is 0 Å². The van der Waals surface area contributed by atoms with Crippen LogP contribution in [0.2, 0.25) is 0 Å². The third-order valence-corrected chi connectivity index (χ3v) is 4.24. The SMILES string of the molecule is Cc1onc(-c2ccccc2)c1C1(O)CCN(C(=O)O)CC1. The van der Waals surface area contributed by atoms with Crippen molar-refractivity contribution in [3.05, 3.63) is 41.7 Å². The molecule has 1 aromatic heterocycles. The zero-order valence-electron chi connectivity index (χ0n) is 12.3. The van der Waals surface area contributed by atoms with Crippen LogP contribution in [0.3, 0.4) is 0 Å². The Kier molecular flexibility index (Phi) is 3.62. The molecule has 6 heteroatoms. The van der Waals surface area contributed by atoms with Crippen LogP contribution >= 0.6 is 0 Å². The van der Waals surface area contributed by atoms with Crippen LogP contribution in [0.5, 0.6) is 0 Å². The Morgan fingerprint density at radius 3 is 2.50 bits per heavy atom. The van der Waals surface area contributed by atoms with Gasteiger partial charge in [0, 0.05) is 18.7 Å². The van der Waals surface area contributed by atoms with Crippen LogP contribution in [0, 0.1) is 6.92 Å². The highest BCUT2D eigenvalue weighted by Gasteiger charge is 2.40. The van der Waals surface area contributed by atoms with Gasteiger partial charge in [-0.15, -0.1) is 0 Å². The number of piperidine rings is 1. The van der Waals surface area contributed by atoms with Crippen molar-refractivity contribution in [3.8, 4) is 11.3 Å². The number of nitrogens with zero attached hydrogens (tertiary/aromatic N) is 2. The molecule has 2 N–H and O–H groups in total. The van der Waals surface area contributed by atoms with Crippen molar-refractivity contribution in [2.45, 2.75) is 25.4 Å². The summed E-state index contributed by atoms with van der Waals surface area (Å²) in [5, 5.41) is 24.2. The smallest absolute Gasteiger partial charge is 0.407 e. The van der Waals surface area contributed by atoms with Crippen molar-refractivity contribution in [2.75, 3.05) is 13.1 Å². The number of carbonyl (C=O) groups is 1. The number of amides is 1. The molecule has 1 aromatic carbocycles. The Morgan fingerprint density at radius 1 is 1.27 bits per heavy atom. The highest BCUT2D eigenvalue weighted by Crippen LogP contribution is 2.40. The molecule has 116 valence electrons. The van der Waals surface area contributed by atoms with Gasteiger partial charge in [0.1, 0.15) is 11.5 Å². The van der Waals surface area contributed by atoms with Crippen molar-refractivity contribution in [1.82, 2.24) is 10.1 Å². The van der Waals surface area contributed by atoms with Gasteiger partial charge in [0.2, 0.25) is 0 Å². The zero-order valence-corrected chi connectivity index (χ0v) is 12.3. The maximum absolute atomic E-state index is 11.0. The topological polar surface area (TPSA) is 86.8 Å². The first kappa shape index (κ1) is 14.6. The quantitative estimate of drug-likeness (QED) is 0.890. The van der Waals surface area contributed by atoms with Gasteiger partial charge in [-0.2, -0.15) is 0 Å². The average molecular weight is 302 g/mol. The molecular formula is C16H18N2O4. The van der Waals surface area contributed by atoms with E-state index in [2.05, 4.69) is 5.16 Å². The molecule has 0 unspecified atom stereocenters.